The van der Waals surface area contributed by atoms with Crippen molar-refractivity contribution < 1.29 is 0 Å². The van der Waals surface area contributed by atoms with Gasteiger partial charge in [0.15, 0.2) is 0 Å². The fraction of sp³-hybridized carbons (Fsp3) is 0. The largest absolute Gasteiger partial charge is 0.0616 e. The van der Waals surface area contributed by atoms with Crippen molar-refractivity contribution in [2.75, 3.05) is 0 Å². The number of hydrogen-bond donors (Lipinski definition) is 0. The summed E-state index contributed by atoms with van der Waals surface area (Å²) in [5.74, 6) is 0. The van der Waals surface area contributed by atoms with Crippen molar-refractivity contribution in [3.63, 3.8) is 0 Å². The number of hydrogen-bond acceptors (Lipinski definition) is 0. The Balaban J connectivity index is 1.26. The van der Waals surface area contributed by atoms with Crippen LogP contribution in [0.5, 0.6) is 0 Å². The van der Waals surface area contributed by atoms with Crippen molar-refractivity contribution in [1.29, 1.82) is 0 Å². The van der Waals surface area contributed by atoms with Crippen molar-refractivity contribution in [2.24, 2.45) is 0 Å². The molecule has 0 unspecified atom stereocenters. The molecule has 0 radical (unpaired) electrons. The van der Waals surface area contributed by atoms with E-state index in [2.05, 4.69) is 146 Å². The Morgan fingerprint density at radius 3 is 1.03 bits per heavy atom. The normalized spacial score (nSPS) is 11.7. The van der Waals surface area contributed by atoms with E-state index in [0.29, 0.717) is 0 Å². The quantitative estimate of drug-likeness (QED) is 0.216. The second kappa shape index (κ2) is 8.30. The molecule has 0 fully saturated rings. The molecule has 0 aliphatic heterocycles. The minimum atomic E-state index is 1.24. The van der Waals surface area contributed by atoms with E-state index >= 15 is 0 Å². The molecule has 0 bridgehead atoms. The Morgan fingerprint density at radius 1 is 0.211 bits per heavy atom. The molecule has 8 rings (SSSR count). The lowest BCUT2D eigenvalue weighted by Crippen LogP contribution is -1.84. The van der Waals surface area contributed by atoms with Crippen LogP contribution < -0.4 is 0 Å². The zero-order chi connectivity index (χ0) is 25.1. The van der Waals surface area contributed by atoms with Crippen LogP contribution in [0.1, 0.15) is 0 Å². The van der Waals surface area contributed by atoms with Crippen LogP contribution in [0, 0.1) is 0 Å². The van der Waals surface area contributed by atoms with Gasteiger partial charge >= 0.3 is 0 Å². The summed E-state index contributed by atoms with van der Waals surface area (Å²) in [4.78, 5) is 0. The highest BCUT2D eigenvalue weighted by atomic mass is 14.1. The van der Waals surface area contributed by atoms with Crippen molar-refractivity contribution >= 4 is 53.9 Å². The maximum atomic E-state index is 2.34. The molecular weight excluding hydrogens is 456 g/mol. The highest BCUT2D eigenvalue weighted by molar-refractivity contribution is 6.10. The smallest absolute Gasteiger partial charge is 0.00992 e. The average molecular weight is 481 g/mol. The molecule has 0 heterocycles. The minimum absolute atomic E-state index is 1.24. The molecule has 0 aliphatic carbocycles. The number of rotatable bonds is 2. The third-order valence-electron chi connectivity index (χ3n) is 8.00. The monoisotopic (exact) mass is 480 g/mol. The van der Waals surface area contributed by atoms with E-state index in [9.17, 15) is 0 Å². The SMILES string of the molecule is c1ccc2c(c1)ccc1ccc(-c3ccc4ccc(-c5ccc6ccc7ccccc7c6c5)cc4c3)cc12. The summed E-state index contributed by atoms with van der Waals surface area (Å²) in [6, 6.07) is 53.5. The Bertz CT molecular complexity index is 2030. The zero-order valence-corrected chi connectivity index (χ0v) is 20.9. The Morgan fingerprint density at radius 2 is 0.553 bits per heavy atom. The Labute approximate surface area is 221 Å². The fourth-order valence-corrected chi connectivity index (χ4v) is 5.97. The van der Waals surface area contributed by atoms with Gasteiger partial charge in [-0.2, -0.15) is 0 Å². The van der Waals surface area contributed by atoms with Crippen LogP contribution in [0.15, 0.2) is 146 Å². The molecule has 38 heavy (non-hydrogen) atoms. The molecule has 0 N–H and O–H groups in total. The lowest BCUT2D eigenvalue weighted by molar-refractivity contribution is 1.66. The van der Waals surface area contributed by atoms with Gasteiger partial charge in [-0.15, -0.1) is 0 Å². The van der Waals surface area contributed by atoms with E-state index in [1.54, 1.807) is 0 Å². The molecule has 0 spiro atoms. The van der Waals surface area contributed by atoms with Gasteiger partial charge in [-0.25, -0.2) is 0 Å². The van der Waals surface area contributed by atoms with E-state index < -0.39 is 0 Å². The van der Waals surface area contributed by atoms with Crippen LogP contribution in [-0.4, -0.2) is 0 Å². The summed E-state index contributed by atoms with van der Waals surface area (Å²) >= 11 is 0. The molecule has 0 nitrogen and oxygen atoms in total. The Hall–Kier alpha value is -4.94. The molecule has 8 aromatic rings. The molecule has 8 aromatic carbocycles. The third kappa shape index (κ3) is 3.38. The van der Waals surface area contributed by atoms with E-state index in [1.807, 2.05) is 0 Å². The molecule has 0 heteroatoms. The summed E-state index contributed by atoms with van der Waals surface area (Å²) in [5, 5.41) is 12.9. The summed E-state index contributed by atoms with van der Waals surface area (Å²) < 4.78 is 0. The van der Waals surface area contributed by atoms with E-state index in [4.69, 9.17) is 0 Å². The van der Waals surface area contributed by atoms with Crippen molar-refractivity contribution in [1.82, 2.24) is 0 Å². The first-order valence-corrected chi connectivity index (χ1v) is 13.2. The van der Waals surface area contributed by atoms with Crippen molar-refractivity contribution in [3.05, 3.63) is 146 Å². The van der Waals surface area contributed by atoms with E-state index in [1.165, 1.54) is 76.1 Å². The summed E-state index contributed by atoms with van der Waals surface area (Å²) in [6.45, 7) is 0. The highest BCUT2D eigenvalue weighted by Crippen LogP contribution is 2.34. The highest BCUT2D eigenvalue weighted by Gasteiger charge is 2.08. The predicted molar refractivity (Wildman–Crippen MR) is 165 cm³/mol. The topological polar surface area (TPSA) is 0 Å². The van der Waals surface area contributed by atoms with Gasteiger partial charge in [-0.3, -0.25) is 0 Å². The first-order chi connectivity index (χ1) is 18.8. The van der Waals surface area contributed by atoms with Crippen LogP contribution in [0.25, 0.3) is 76.1 Å². The molecular formula is C38H24. The second-order valence-electron chi connectivity index (χ2n) is 10.2. The van der Waals surface area contributed by atoms with Crippen LogP contribution in [-0.2, 0) is 0 Å². The van der Waals surface area contributed by atoms with Gasteiger partial charge in [0.1, 0.15) is 0 Å². The maximum Gasteiger partial charge on any atom is -0.00992 e. The van der Waals surface area contributed by atoms with E-state index in [-0.39, 0.29) is 0 Å². The van der Waals surface area contributed by atoms with Gasteiger partial charge in [0.05, 0.1) is 0 Å². The predicted octanol–water partition coefficient (Wildman–Crippen LogP) is 10.8. The molecule has 0 saturated carbocycles. The molecule has 0 amide bonds. The van der Waals surface area contributed by atoms with E-state index in [0.717, 1.165) is 0 Å². The van der Waals surface area contributed by atoms with Crippen molar-refractivity contribution in [2.45, 2.75) is 0 Å². The third-order valence-corrected chi connectivity index (χ3v) is 8.00. The van der Waals surface area contributed by atoms with Gasteiger partial charge < -0.3 is 0 Å². The van der Waals surface area contributed by atoms with Gasteiger partial charge in [0, 0.05) is 0 Å². The summed E-state index contributed by atoms with van der Waals surface area (Å²) in [6.07, 6.45) is 0. The van der Waals surface area contributed by atoms with Crippen LogP contribution in [0.3, 0.4) is 0 Å². The molecule has 0 atom stereocenters. The Kier molecular flexibility index (Phi) is 4.62. The molecule has 0 aliphatic rings. The van der Waals surface area contributed by atoms with Crippen LogP contribution >= 0.6 is 0 Å². The van der Waals surface area contributed by atoms with Gasteiger partial charge in [-0.05, 0) is 100 Å². The summed E-state index contributed by atoms with van der Waals surface area (Å²) in [7, 11) is 0. The van der Waals surface area contributed by atoms with Crippen LogP contribution in [0.4, 0.5) is 0 Å². The fourth-order valence-electron chi connectivity index (χ4n) is 5.97. The lowest BCUT2D eigenvalue weighted by Gasteiger charge is -2.10. The minimum Gasteiger partial charge on any atom is -0.0616 e. The molecule has 176 valence electrons. The van der Waals surface area contributed by atoms with Gasteiger partial charge in [-0.1, -0.05) is 121 Å². The van der Waals surface area contributed by atoms with Gasteiger partial charge in [0.2, 0.25) is 0 Å². The number of fused-ring (bicyclic) bond motifs is 7. The van der Waals surface area contributed by atoms with Crippen LogP contribution in [0.2, 0.25) is 0 Å². The molecule has 0 aromatic heterocycles. The first-order valence-electron chi connectivity index (χ1n) is 13.2. The first kappa shape index (κ1) is 21.2. The standard InChI is InChI=1S/C38H24/c1-3-7-35-26(5-1)11-13-28-15-19-32(23-37(28)35)30-17-9-25-10-18-31(22-34(25)21-30)33-20-16-29-14-12-27-6-2-4-8-36(27)38(29)24-33/h1-24H. The van der Waals surface area contributed by atoms with Crippen molar-refractivity contribution in [3.8, 4) is 22.3 Å². The maximum absolute atomic E-state index is 2.34. The average Bonchev–Trinajstić information content (AvgIpc) is 3.00. The summed E-state index contributed by atoms with van der Waals surface area (Å²) in [5.41, 5.74) is 4.99. The zero-order valence-electron chi connectivity index (χ0n) is 20.9. The van der Waals surface area contributed by atoms with Gasteiger partial charge in [0.25, 0.3) is 0 Å². The lowest BCUT2D eigenvalue weighted by atomic mass is 9.94. The number of benzene rings is 8. The molecule has 0 saturated heterocycles. The second-order valence-corrected chi connectivity index (χ2v) is 10.2.